The smallest absolute Gasteiger partial charge is 0.332 e. The highest BCUT2D eigenvalue weighted by Gasteiger charge is 2.15. The van der Waals surface area contributed by atoms with Crippen LogP contribution in [-0.4, -0.2) is 25.8 Å². The Bertz CT molecular complexity index is 965. The zero-order chi connectivity index (χ0) is 15.9. The lowest BCUT2D eigenvalue weighted by Gasteiger charge is -2.10. The summed E-state index contributed by atoms with van der Waals surface area (Å²) in [7, 11) is 4.67. The number of nitrogens with zero attached hydrogens (tertiary/aromatic N) is 4. The molecule has 114 valence electrons. The highest BCUT2D eigenvalue weighted by atomic mass is 16.5. The van der Waals surface area contributed by atoms with Gasteiger partial charge < -0.3 is 9.30 Å². The number of imidazole rings is 1. The maximum Gasteiger partial charge on any atom is 0.332 e. The number of aryl methyl sites for hydroxylation is 1. The highest BCUT2D eigenvalue weighted by Crippen LogP contribution is 2.19. The molecule has 3 aromatic rings. The minimum atomic E-state index is -0.389. The molecule has 3 rings (SSSR count). The molecule has 0 fully saturated rings. The minimum absolute atomic E-state index is 0.356. The van der Waals surface area contributed by atoms with Crippen molar-refractivity contribution in [1.82, 2.24) is 18.7 Å². The highest BCUT2D eigenvalue weighted by molar-refractivity contribution is 5.70. The molecular formula is C15H16N4O3. The Morgan fingerprint density at radius 3 is 2.59 bits per heavy atom. The summed E-state index contributed by atoms with van der Waals surface area (Å²) in [6.45, 7) is 0.438. The van der Waals surface area contributed by atoms with E-state index in [1.54, 1.807) is 25.1 Å². The molecule has 0 aliphatic heterocycles. The molecule has 22 heavy (non-hydrogen) atoms. The van der Waals surface area contributed by atoms with Gasteiger partial charge in [-0.15, -0.1) is 0 Å². The van der Waals surface area contributed by atoms with E-state index in [0.717, 1.165) is 15.9 Å². The monoisotopic (exact) mass is 300 g/mol. The number of rotatable bonds is 3. The Balaban J connectivity index is 2.21. The zero-order valence-corrected chi connectivity index (χ0v) is 12.6. The Labute approximate surface area is 126 Å². The van der Waals surface area contributed by atoms with E-state index < -0.39 is 0 Å². The van der Waals surface area contributed by atoms with Gasteiger partial charge in [-0.05, 0) is 6.07 Å². The van der Waals surface area contributed by atoms with Gasteiger partial charge in [0.2, 0.25) is 0 Å². The SMILES string of the molecule is COc1ccccc1Cn1cnc2c1c(=O)n(C)c(=O)n2C. The molecule has 0 N–H and O–H groups in total. The summed E-state index contributed by atoms with van der Waals surface area (Å²) in [6.07, 6.45) is 1.57. The van der Waals surface area contributed by atoms with E-state index in [9.17, 15) is 9.59 Å². The van der Waals surface area contributed by atoms with Gasteiger partial charge in [0.15, 0.2) is 11.2 Å². The predicted molar refractivity (Wildman–Crippen MR) is 82.3 cm³/mol. The number of aromatic nitrogens is 4. The molecule has 0 spiro atoms. The van der Waals surface area contributed by atoms with Gasteiger partial charge in [-0.2, -0.15) is 0 Å². The maximum absolute atomic E-state index is 12.4. The topological polar surface area (TPSA) is 71.1 Å². The first-order chi connectivity index (χ1) is 10.5. The molecule has 0 saturated heterocycles. The number of hydrogen-bond donors (Lipinski definition) is 0. The van der Waals surface area contributed by atoms with Crippen LogP contribution < -0.4 is 16.0 Å². The van der Waals surface area contributed by atoms with Crippen LogP contribution in [0.1, 0.15) is 5.56 Å². The molecule has 7 heteroatoms. The van der Waals surface area contributed by atoms with E-state index in [4.69, 9.17) is 4.74 Å². The number of ether oxygens (including phenoxy) is 1. The van der Waals surface area contributed by atoms with Crippen molar-refractivity contribution in [2.45, 2.75) is 6.54 Å². The van der Waals surface area contributed by atoms with E-state index in [0.29, 0.717) is 17.7 Å². The molecule has 0 radical (unpaired) electrons. The van der Waals surface area contributed by atoms with Crippen molar-refractivity contribution in [3.8, 4) is 5.75 Å². The van der Waals surface area contributed by atoms with Crippen molar-refractivity contribution in [1.29, 1.82) is 0 Å². The summed E-state index contributed by atoms with van der Waals surface area (Å²) >= 11 is 0. The number of fused-ring (bicyclic) bond motifs is 1. The summed E-state index contributed by atoms with van der Waals surface area (Å²) < 4.78 is 9.52. The van der Waals surface area contributed by atoms with E-state index >= 15 is 0 Å². The van der Waals surface area contributed by atoms with Gasteiger partial charge in [0.25, 0.3) is 5.56 Å². The third kappa shape index (κ3) is 2.02. The number of hydrogen-bond acceptors (Lipinski definition) is 4. The average Bonchev–Trinajstić information content (AvgIpc) is 2.95. The number of benzene rings is 1. The molecular weight excluding hydrogens is 284 g/mol. The van der Waals surface area contributed by atoms with Crippen LogP contribution in [0.15, 0.2) is 40.2 Å². The first-order valence-corrected chi connectivity index (χ1v) is 6.77. The fourth-order valence-corrected chi connectivity index (χ4v) is 2.53. The summed E-state index contributed by atoms with van der Waals surface area (Å²) in [5, 5.41) is 0. The minimum Gasteiger partial charge on any atom is -0.496 e. The molecule has 2 aromatic heterocycles. The third-order valence-electron chi connectivity index (χ3n) is 3.75. The van der Waals surface area contributed by atoms with Gasteiger partial charge in [-0.3, -0.25) is 13.9 Å². The standard InChI is InChI=1S/C15H16N4O3/c1-17-13-12(14(20)18(2)15(17)21)19(9-16-13)8-10-6-4-5-7-11(10)22-3/h4-7,9H,8H2,1-3H3. The fourth-order valence-electron chi connectivity index (χ4n) is 2.53. The Morgan fingerprint density at radius 1 is 1.14 bits per heavy atom. The van der Waals surface area contributed by atoms with Crippen molar-refractivity contribution in [3.63, 3.8) is 0 Å². The second kappa shape index (κ2) is 5.18. The van der Waals surface area contributed by atoms with Gasteiger partial charge in [0, 0.05) is 19.7 Å². The van der Waals surface area contributed by atoms with E-state index in [1.807, 2.05) is 24.3 Å². The molecule has 0 bridgehead atoms. The summed E-state index contributed by atoms with van der Waals surface area (Å²) in [6, 6.07) is 7.58. The fraction of sp³-hybridized carbons (Fsp3) is 0.267. The van der Waals surface area contributed by atoms with E-state index in [-0.39, 0.29) is 11.2 Å². The lowest BCUT2D eigenvalue weighted by atomic mass is 10.2. The van der Waals surface area contributed by atoms with Crippen LogP contribution in [0.3, 0.4) is 0 Å². The molecule has 2 heterocycles. The van der Waals surface area contributed by atoms with Crippen molar-refractivity contribution in [2.24, 2.45) is 14.1 Å². The first-order valence-electron chi connectivity index (χ1n) is 6.77. The lowest BCUT2D eigenvalue weighted by Crippen LogP contribution is -2.37. The van der Waals surface area contributed by atoms with Crippen LogP contribution in [0.4, 0.5) is 0 Å². The van der Waals surface area contributed by atoms with Crippen molar-refractivity contribution < 1.29 is 4.74 Å². The summed E-state index contributed by atoms with van der Waals surface area (Å²) in [5.74, 6) is 0.742. The lowest BCUT2D eigenvalue weighted by molar-refractivity contribution is 0.408. The molecule has 7 nitrogen and oxygen atoms in total. The quantitative estimate of drug-likeness (QED) is 0.706. The number of methoxy groups -OCH3 is 1. The van der Waals surface area contributed by atoms with Crippen LogP contribution in [0, 0.1) is 0 Å². The summed E-state index contributed by atoms with van der Waals surface area (Å²) in [5.41, 5.74) is 0.962. The van der Waals surface area contributed by atoms with Gasteiger partial charge in [0.1, 0.15) is 5.75 Å². The first kappa shape index (κ1) is 14.1. The van der Waals surface area contributed by atoms with Gasteiger partial charge in [-0.1, -0.05) is 18.2 Å². The molecule has 0 aliphatic rings. The Morgan fingerprint density at radius 2 is 1.86 bits per heavy atom. The average molecular weight is 300 g/mol. The second-order valence-electron chi connectivity index (χ2n) is 5.06. The maximum atomic E-state index is 12.4. The van der Waals surface area contributed by atoms with E-state index in [2.05, 4.69) is 4.98 Å². The van der Waals surface area contributed by atoms with Crippen LogP contribution in [-0.2, 0) is 20.6 Å². The molecule has 0 unspecified atom stereocenters. The largest absolute Gasteiger partial charge is 0.496 e. The van der Waals surface area contributed by atoms with Gasteiger partial charge >= 0.3 is 5.69 Å². The molecule has 0 atom stereocenters. The van der Waals surface area contributed by atoms with Crippen LogP contribution in [0.5, 0.6) is 5.75 Å². The Kier molecular flexibility index (Phi) is 3.32. The van der Waals surface area contributed by atoms with Crippen LogP contribution in [0.25, 0.3) is 11.2 Å². The molecule has 0 saturated carbocycles. The normalized spacial score (nSPS) is 11.0. The third-order valence-corrected chi connectivity index (χ3v) is 3.75. The van der Waals surface area contributed by atoms with Crippen molar-refractivity contribution in [2.75, 3.05) is 7.11 Å². The Hall–Kier alpha value is -2.83. The van der Waals surface area contributed by atoms with Gasteiger partial charge in [0.05, 0.1) is 20.0 Å². The zero-order valence-electron chi connectivity index (χ0n) is 12.6. The number of para-hydroxylation sites is 1. The summed E-state index contributed by atoms with van der Waals surface area (Å²) in [4.78, 5) is 28.5. The van der Waals surface area contributed by atoms with Crippen LogP contribution >= 0.6 is 0 Å². The molecule has 1 aromatic carbocycles. The van der Waals surface area contributed by atoms with Crippen molar-refractivity contribution in [3.05, 3.63) is 57.0 Å². The van der Waals surface area contributed by atoms with Crippen molar-refractivity contribution >= 4 is 11.2 Å². The van der Waals surface area contributed by atoms with Crippen LogP contribution in [0.2, 0.25) is 0 Å². The van der Waals surface area contributed by atoms with E-state index in [1.165, 1.54) is 11.6 Å². The molecule has 0 amide bonds. The second-order valence-corrected chi connectivity index (χ2v) is 5.06. The molecule has 0 aliphatic carbocycles. The predicted octanol–water partition coefficient (Wildman–Crippen LogP) is 0.491. The van der Waals surface area contributed by atoms with Gasteiger partial charge in [-0.25, -0.2) is 9.78 Å².